The third-order valence-corrected chi connectivity index (χ3v) is 3.11. The number of benzene rings is 1. The summed E-state index contributed by atoms with van der Waals surface area (Å²) in [7, 11) is 0. The van der Waals surface area contributed by atoms with Gasteiger partial charge in [-0.15, -0.1) is 0 Å². The van der Waals surface area contributed by atoms with E-state index in [0.717, 1.165) is 28.9 Å². The van der Waals surface area contributed by atoms with Gasteiger partial charge in [0.25, 0.3) is 0 Å². The van der Waals surface area contributed by atoms with Gasteiger partial charge in [0.15, 0.2) is 0 Å². The van der Waals surface area contributed by atoms with Crippen molar-refractivity contribution in [1.82, 2.24) is 4.98 Å². The Kier molecular flexibility index (Phi) is 3.01. The first-order valence-corrected chi connectivity index (χ1v) is 5.85. The maximum absolute atomic E-state index is 13.5. The lowest BCUT2D eigenvalue weighted by Gasteiger charge is -2.14. The van der Waals surface area contributed by atoms with E-state index in [2.05, 4.69) is 17.2 Å². The zero-order valence-electron chi connectivity index (χ0n) is 10.7. The Morgan fingerprint density at radius 2 is 1.94 bits per heavy atom. The number of pyridine rings is 1. The number of halogens is 1. The molecule has 0 aliphatic rings. The van der Waals surface area contributed by atoms with Crippen LogP contribution in [0, 0.1) is 26.6 Å². The van der Waals surface area contributed by atoms with Crippen LogP contribution in [0.3, 0.4) is 0 Å². The summed E-state index contributed by atoms with van der Waals surface area (Å²) in [6.07, 6.45) is 0. The molecular formula is C14H17FN2. The summed E-state index contributed by atoms with van der Waals surface area (Å²) in [5, 5.41) is 4.34. The average Bonchev–Trinajstić information content (AvgIpc) is 2.28. The number of aromatic nitrogens is 1. The number of nitrogens with one attached hydrogen (secondary N) is 1. The van der Waals surface area contributed by atoms with Crippen LogP contribution in [0.4, 0.5) is 10.1 Å². The number of aryl methyl sites for hydroxylation is 2. The predicted octanol–water partition coefficient (Wildman–Crippen LogP) is 3.73. The van der Waals surface area contributed by atoms with Gasteiger partial charge in [0, 0.05) is 29.4 Å². The second-order valence-corrected chi connectivity index (χ2v) is 4.35. The van der Waals surface area contributed by atoms with E-state index in [-0.39, 0.29) is 5.82 Å². The van der Waals surface area contributed by atoms with E-state index in [0.29, 0.717) is 11.1 Å². The van der Waals surface area contributed by atoms with Gasteiger partial charge in [-0.25, -0.2) is 4.39 Å². The first kappa shape index (κ1) is 11.8. The number of rotatable bonds is 2. The second kappa shape index (κ2) is 4.32. The molecule has 0 spiro atoms. The van der Waals surface area contributed by atoms with Gasteiger partial charge >= 0.3 is 0 Å². The number of hydrogen-bond donors (Lipinski definition) is 1. The van der Waals surface area contributed by atoms with Crippen molar-refractivity contribution in [3.63, 3.8) is 0 Å². The minimum absolute atomic E-state index is 0.198. The molecule has 0 aliphatic carbocycles. The van der Waals surface area contributed by atoms with Crippen LogP contribution in [0.2, 0.25) is 0 Å². The van der Waals surface area contributed by atoms with Gasteiger partial charge in [-0.3, -0.25) is 4.98 Å². The molecule has 1 aromatic heterocycles. The lowest BCUT2D eigenvalue weighted by atomic mass is 10.0. The van der Waals surface area contributed by atoms with Crippen molar-refractivity contribution in [2.75, 3.05) is 11.9 Å². The molecule has 90 valence electrons. The molecule has 2 nitrogen and oxygen atoms in total. The van der Waals surface area contributed by atoms with Crippen molar-refractivity contribution in [1.29, 1.82) is 0 Å². The Morgan fingerprint density at radius 3 is 2.59 bits per heavy atom. The topological polar surface area (TPSA) is 24.9 Å². The van der Waals surface area contributed by atoms with Crippen molar-refractivity contribution >= 4 is 16.6 Å². The molecule has 0 bridgehead atoms. The van der Waals surface area contributed by atoms with Gasteiger partial charge in [0.1, 0.15) is 5.82 Å². The van der Waals surface area contributed by atoms with Gasteiger partial charge in [-0.05, 0) is 44.9 Å². The van der Waals surface area contributed by atoms with Crippen molar-refractivity contribution in [2.45, 2.75) is 27.7 Å². The number of nitrogens with zero attached hydrogens (tertiary/aromatic N) is 1. The van der Waals surface area contributed by atoms with Crippen LogP contribution in [0.5, 0.6) is 0 Å². The maximum atomic E-state index is 13.5. The minimum Gasteiger partial charge on any atom is -0.385 e. The van der Waals surface area contributed by atoms with Crippen molar-refractivity contribution in [3.8, 4) is 0 Å². The average molecular weight is 232 g/mol. The van der Waals surface area contributed by atoms with Crippen LogP contribution in [-0.2, 0) is 0 Å². The SMILES string of the molecule is CCNc1c(C)c(C)nc2cc(F)c(C)cc12. The zero-order chi connectivity index (χ0) is 12.6. The Labute approximate surface area is 101 Å². The van der Waals surface area contributed by atoms with Crippen molar-refractivity contribution in [3.05, 3.63) is 34.8 Å². The number of anilines is 1. The quantitative estimate of drug-likeness (QED) is 0.853. The normalized spacial score (nSPS) is 10.9. The highest BCUT2D eigenvalue weighted by Gasteiger charge is 2.10. The molecule has 1 N–H and O–H groups in total. The van der Waals surface area contributed by atoms with Crippen LogP contribution >= 0.6 is 0 Å². The monoisotopic (exact) mass is 232 g/mol. The first-order chi connectivity index (χ1) is 8.04. The molecule has 2 aromatic rings. The summed E-state index contributed by atoms with van der Waals surface area (Å²) in [5.41, 5.74) is 4.51. The highest BCUT2D eigenvalue weighted by Crippen LogP contribution is 2.29. The third kappa shape index (κ3) is 1.97. The molecule has 1 aromatic carbocycles. The minimum atomic E-state index is -0.198. The molecule has 3 heteroatoms. The summed E-state index contributed by atoms with van der Waals surface area (Å²) in [5.74, 6) is -0.198. The first-order valence-electron chi connectivity index (χ1n) is 5.85. The molecule has 0 radical (unpaired) electrons. The highest BCUT2D eigenvalue weighted by molar-refractivity contribution is 5.93. The summed E-state index contributed by atoms with van der Waals surface area (Å²) >= 11 is 0. The van der Waals surface area contributed by atoms with Crippen LogP contribution in [0.25, 0.3) is 10.9 Å². The van der Waals surface area contributed by atoms with Gasteiger partial charge in [-0.2, -0.15) is 0 Å². The molecule has 0 aliphatic heterocycles. The maximum Gasteiger partial charge on any atom is 0.128 e. The third-order valence-electron chi connectivity index (χ3n) is 3.11. The molecule has 0 amide bonds. The summed E-state index contributed by atoms with van der Waals surface area (Å²) in [4.78, 5) is 4.44. The Morgan fingerprint density at radius 1 is 1.24 bits per heavy atom. The molecule has 0 saturated carbocycles. The molecule has 1 heterocycles. The van der Waals surface area contributed by atoms with Gasteiger partial charge < -0.3 is 5.32 Å². The fourth-order valence-electron chi connectivity index (χ4n) is 2.02. The van der Waals surface area contributed by atoms with Gasteiger partial charge in [-0.1, -0.05) is 0 Å². The molecular weight excluding hydrogens is 215 g/mol. The van der Waals surface area contributed by atoms with E-state index in [1.807, 2.05) is 19.9 Å². The Hall–Kier alpha value is -1.64. The summed E-state index contributed by atoms with van der Waals surface area (Å²) in [6.45, 7) is 8.67. The molecule has 0 unspecified atom stereocenters. The van der Waals surface area contributed by atoms with Crippen molar-refractivity contribution in [2.24, 2.45) is 0 Å². The van der Waals surface area contributed by atoms with E-state index in [1.54, 1.807) is 6.92 Å². The number of hydrogen-bond acceptors (Lipinski definition) is 2. The van der Waals surface area contributed by atoms with Crippen LogP contribution < -0.4 is 5.32 Å². The second-order valence-electron chi connectivity index (χ2n) is 4.35. The molecule has 2 rings (SSSR count). The van der Waals surface area contributed by atoms with E-state index in [9.17, 15) is 4.39 Å². The fourth-order valence-corrected chi connectivity index (χ4v) is 2.02. The molecule has 0 fully saturated rings. The van der Waals surface area contributed by atoms with Gasteiger partial charge in [0.2, 0.25) is 0 Å². The molecule has 17 heavy (non-hydrogen) atoms. The lowest BCUT2D eigenvalue weighted by Crippen LogP contribution is -2.03. The Balaban J connectivity index is 2.83. The van der Waals surface area contributed by atoms with E-state index >= 15 is 0 Å². The van der Waals surface area contributed by atoms with Crippen LogP contribution in [0.1, 0.15) is 23.7 Å². The molecule has 0 saturated heterocycles. The Bertz CT molecular complexity index is 571. The zero-order valence-corrected chi connectivity index (χ0v) is 10.7. The predicted molar refractivity (Wildman–Crippen MR) is 70.1 cm³/mol. The largest absolute Gasteiger partial charge is 0.385 e. The van der Waals surface area contributed by atoms with Crippen molar-refractivity contribution < 1.29 is 4.39 Å². The number of fused-ring (bicyclic) bond motifs is 1. The summed E-state index contributed by atoms with van der Waals surface area (Å²) < 4.78 is 13.5. The molecule has 0 atom stereocenters. The van der Waals surface area contributed by atoms with Crippen LogP contribution in [0.15, 0.2) is 12.1 Å². The van der Waals surface area contributed by atoms with E-state index in [4.69, 9.17) is 0 Å². The van der Waals surface area contributed by atoms with E-state index < -0.39 is 0 Å². The summed E-state index contributed by atoms with van der Waals surface area (Å²) in [6, 6.07) is 3.38. The standard InChI is InChI=1S/C14H17FN2/c1-5-16-14-9(3)10(4)17-13-7-12(15)8(2)6-11(13)14/h6-7H,5H2,1-4H3,(H,16,17). The highest BCUT2D eigenvalue weighted by atomic mass is 19.1. The fraction of sp³-hybridized carbons (Fsp3) is 0.357. The van der Waals surface area contributed by atoms with Gasteiger partial charge in [0.05, 0.1) is 5.52 Å². The lowest BCUT2D eigenvalue weighted by molar-refractivity contribution is 0.620. The van der Waals surface area contributed by atoms with E-state index in [1.165, 1.54) is 6.07 Å². The van der Waals surface area contributed by atoms with Crippen LogP contribution in [-0.4, -0.2) is 11.5 Å². The smallest absolute Gasteiger partial charge is 0.128 e.